The van der Waals surface area contributed by atoms with Crippen LogP contribution in [-0.2, 0) is 0 Å². The van der Waals surface area contributed by atoms with Gasteiger partial charge in [-0.1, -0.05) is 0 Å². The minimum Gasteiger partial charge on any atom is -0.384 e. The summed E-state index contributed by atoms with van der Waals surface area (Å²) in [4.78, 5) is 0. The third kappa shape index (κ3) is 0.941. The summed E-state index contributed by atoms with van der Waals surface area (Å²) < 4.78 is 0. The van der Waals surface area contributed by atoms with Gasteiger partial charge in [-0.3, -0.25) is 5.01 Å². The van der Waals surface area contributed by atoms with Gasteiger partial charge >= 0.3 is 0 Å². The van der Waals surface area contributed by atoms with Crippen LogP contribution in [0.15, 0.2) is 10.2 Å². The number of hydrogen-bond donors (Lipinski definition) is 2. The summed E-state index contributed by atoms with van der Waals surface area (Å²) in [6.45, 7) is 0.462. The molecule has 0 radical (unpaired) electrons. The average molecular weight is 113 g/mol. The SMILES string of the molecule is NC1=NN=CN(N)C1. The Bertz CT molecular complexity index is 137. The molecule has 5 nitrogen and oxygen atoms in total. The Morgan fingerprint density at radius 1 is 1.75 bits per heavy atom. The first-order valence-corrected chi connectivity index (χ1v) is 2.16. The summed E-state index contributed by atoms with van der Waals surface area (Å²) in [7, 11) is 0. The second-order valence-electron chi connectivity index (χ2n) is 1.49. The Labute approximate surface area is 46.6 Å². The van der Waals surface area contributed by atoms with Crippen LogP contribution in [0.1, 0.15) is 0 Å². The topological polar surface area (TPSA) is 80.0 Å². The molecule has 0 amide bonds. The number of hydrogen-bond acceptors (Lipinski definition) is 5. The maximum atomic E-state index is 5.25. The van der Waals surface area contributed by atoms with E-state index in [1.807, 2.05) is 0 Å². The number of amidine groups is 1. The average Bonchev–Trinajstić information content (AvgIpc) is 1.64. The number of rotatable bonds is 0. The minimum absolute atomic E-state index is 0.440. The van der Waals surface area contributed by atoms with Crippen LogP contribution >= 0.6 is 0 Å². The molecule has 0 saturated heterocycles. The van der Waals surface area contributed by atoms with Crippen molar-refractivity contribution in [3.05, 3.63) is 0 Å². The van der Waals surface area contributed by atoms with E-state index in [-0.39, 0.29) is 0 Å². The lowest BCUT2D eigenvalue weighted by Gasteiger charge is -2.12. The third-order valence-corrected chi connectivity index (χ3v) is 0.731. The van der Waals surface area contributed by atoms with Crippen LogP contribution in [0.5, 0.6) is 0 Å². The lowest BCUT2D eigenvalue weighted by Crippen LogP contribution is -2.39. The zero-order chi connectivity index (χ0) is 5.98. The van der Waals surface area contributed by atoms with Crippen molar-refractivity contribution in [1.29, 1.82) is 0 Å². The van der Waals surface area contributed by atoms with E-state index in [1.165, 1.54) is 11.3 Å². The molecule has 44 valence electrons. The molecule has 4 N–H and O–H groups in total. The first kappa shape index (κ1) is 5.04. The van der Waals surface area contributed by atoms with E-state index < -0.39 is 0 Å². The molecule has 5 heteroatoms. The van der Waals surface area contributed by atoms with Crippen molar-refractivity contribution in [3.8, 4) is 0 Å². The van der Waals surface area contributed by atoms with Gasteiger partial charge in [0.1, 0.15) is 12.2 Å². The molecule has 0 atom stereocenters. The van der Waals surface area contributed by atoms with Gasteiger partial charge in [0, 0.05) is 0 Å². The molecule has 1 aliphatic rings. The van der Waals surface area contributed by atoms with Gasteiger partial charge in [-0.25, -0.2) is 5.84 Å². The van der Waals surface area contributed by atoms with E-state index in [2.05, 4.69) is 10.2 Å². The molecule has 0 bridgehead atoms. The van der Waals surface area contributed by atoms with Crippen LogP contribution in [0.25, 0.3) is 0 Å². The Hall–Kier alpha value is -1.10. The van der Waals surface area contributed by atoms with Crippen LogP contribution < -0.4 is 11.6 Å². The van der Waals surface area contributed by atoms with Crippen LogP contribution in [0.4, 0.5) is 0 Å². The van der Waals surface area contributed by atoms with Crippen LogP contribution in [-0.4, -0.2) is 23.7 Å². The summed E-state index contributed by atoms with van der Waals surface area (Å²) in [6, 6.07) is 0. The largest absolute Gasteiger partial charge is 0.384 e. The van der Waals surface area contributed by atoms with E-state index in [0.29, 0.717) is 12.4 Å². The smallest absolute Gasteiger partial charge is 0.143 e. The van der Waals surface area contributed by atoms with E-state index in [1.54, 1.807) is 0 Å². The van der Waals surface area contributed by atoms with Crippen molar-refractivity contribution in [3.63, 3.8) is 0 Å². The Kier molecular flexibility index (Phi) is 1.13. The highest BCUT2D eigenvalue weighted by molar-refractivity contribution is 5.85. The fourth-order valence-corrected chi connectivity index (χ4v) is 0.426. The fourth-order valence-electron chi connectivity index (χ4n) is 0.426. The molecule has 0 aromatic rings. The maximum absolute atomic E-state index is 5.25. The Morgan fingerprint density at radius 2 is 2.50 bits per heavy atom. The minimum atomic E-state index is 0.440. The summed E-state index contributed by atoms with van der Waals surface area (Å²) in [5, 5.41) is 8.36. The first-order chi connectivity index (χ1) is 3.79. The maximum Gasteiger partial charge on any atom is 0.143 e. The summed E-state index contributed by atoms with van der Waals surface area (Å²) in [6.07, 6.45) is 1.41. The highest BCUT2D eigenvalue weighted by Gasteiger charge is 1.99. The molecular weight excluding hydrogens is 106 g/mol. The predicted molar refractivity (Wildman–Crippen MR) is 31.0 cm³/mol. The Morgan fingerprint density at radius 3 is 2.88 bits per heavy atom. The lowest BCUT2D eigenvalue weighted by molar-refractivity contribution is 0.507. The molecular formula is C3H7N5. The van der Waals surface area contributed by atoms with Crippen molar-refractivity contribution >= 4 is 12.2 Å². The van der Waals surface area contributed by atoms with Crippen LogP contribution in [0.3, 0.4) is 0 Å². The summed E-state index contributed by atoms with van der Waals surface area (Å²) >= 11 is 0. The molecule has 1 aliphatic heterocycles. The van der Waals surface area contributed by atoms with Gasteiger partial charge in [0.2, 0.25) is 0 Å². The zero-order valence-electron chi connectivity index (χ0n) is 4.28. The summed E-state index contributed by atoms with van der Waals surface area (Å²) in [5.41, 5.74) is 5.24. The van der Waals surface area contributed by atoms with Gasteiger partial charge in [0.25, 0.3) is 0 Å². The van der Waals surface area contributed by atoms with E-state index in [0.717, 1.165) is 0 Å². The highest BCUT2D eigenvalue weighted by atomic mass is 15.5. The van der Waals surface area contributed by atoms with Crippen molar-refractivity contribution in [1.82, 2.24) is 5.01 Å². The van der Waals surface area contributed by atoms with Crippen LogP contribution in [0.2, 0.25) is 0 Å². The van der Waals surface area contributed by atoms with Gasteiger partial charge in [-0.2, -0.15) is 0 Å². The van der Waals surface area contributed by atoms with E-state index >= 15 is 0 Å². The van der Waals surface area contributed by atoms with Crippen molar-refractivity contribution in [2.45, 2.75) is 0 Å². The second kappa shape index (κ2) is 1.79. The fraction of sp³-hybridized carbons (Fsp3) is 0.333. The molecule has 0 aliphatic carbocycles. The molecule has 1 rings (SSSR count). The molecule has 0 saturated carbocycles. The Balaban J connectivity index is 2.59. The highest BCUT2D eigenvalue weighted by Crippen LogP contribution is 1.82. The molecule has 0 aromatic carbocycles. The van der Waals surface area contributed by atoms with Gasteiger partial charge in [0.05, 0.1) is 6.54 Å². The quantitative estimate of drug-likeness (QED) is 0.374. The van der Waals surface area contributed by atoms with Gasteiger partial charge in [-0.15, -0.1) is 10.2 Å². The van der Waals surface area contributed by atoms with Crippen LogP contribution in [0, 0.1) is 0 Å². The molecule has 1 heterocycles. The molecule has 0 aromatic heterocycles. The van der Waals surface area contributed by atoms with E-state index in [4.69, 9.17) is 11.6 Å². The number of hydrazine groups is 1. The van der Waals surface area contributed by atoms with Gasteiger partial charge in [0.15, 0.2) is 0 Å². The summed E-state index contributed by atoms with van der Waals surface area (Å²) in [5.74, 6) is 5.69. The second-order valence-corrected chi connectivity index (χ2v) is 1.49. The van der Waals surface area contributed by atoms with Crippen molar-refractivity contribution < 1.29 is 0 Å². The lowest BCUT2D eigenvalue weighted by atomic mass is 10.6. The molecule has 0 spiro atoms. The standard InChI is InChI=1S/C3H7N5/c4-3-1-8(5)2-6-7-3/h2H,1,5H2,(H2,4,7). The van der Waals surface area contributed by atoms with Gasteiger partial charge < -0.3 is 5.73 Å². The van der Waals surface area contributed by atoms with Gasteiger partial charge in [-0.05, 0) is 0 Å². The molecule has 8 heavy (non-hydrogen) atoms. The zero-order valence-corrected chi connectivity index (χ0v) is 4.28. The van der Waals surface area contributed by atoms with Crippen molar-refractivity contribution in [2.24, 2.45) is 21.8 Å². The van der Waals surface area contributed by atoms with Crippen molar-refractivity contribution in [2.75, 3.05) is 6.54 Å². The first-order valence-electron chi connectivity index (χ1n) is 2.16. The monoisotopic (exact) mass is 113 g/mol. The predicted octanol–water partition coefficient (Wildman–Crippen LogP) is -1.52. The molecule has 0 unspecified atom stereocenters. The number of nitrogens with two attached hydrogens (primary N) is 2. The normalized spacial score (nSPS) is 18.6. The third-order valence-electron chi connectivity index (χ3n) is 0.731. The molecule has 0 fully saturated rings. The number of nitrogens with zero attached hydrogens (tertiary/aromatic N) is 3. The van der Waals surface area contributed by atoms with E-state index in [9.17, 15) is 0 Å².